The maximum Gasteiger partial charge on any atom is 0.449 e. The standard InChI is InChI=1S/C10H16N2.C10H18N2.C9H16N2.C8H14N2.C7H12N2.C6H4F6N2.2C6H7F3N2.C6H10N2/c1-8-7-11-10(12(8)2)9-5-3-4-6-9;1-7(2)9-6-11-10(8(3)4)12(9)5;1-6(2)9-7(3)11(5)8(4)10-9;1-6(2)8-9-5-7(3)10(8)4;1-5-6(2)9(4)7(3)8-5;1-14-3(5(7,8)9)2-13-4(14)6(10,11)12;1-4-10-3-5(11(4)2)6(7,8)9;1-4-3-10-5(11(4)2)6(7,8)9;1-5-4-7-6(2)8(5)3/h7,9H,3-6H2,1-2H3;6-8H,1-5H3;6H,1-5H3;5-6H,1-4H3;1-4H3;2H,1H3;2*3H,1-2H3;4H,1-3H3. The highest BCUT2D eigenvalue weighted by Crippen LogP contribution is 2.36. The molecule has 0 unspecified atom stereocenters. The van der Waals surface area contributed by atoms with Crippen molar-refractivity contribution in [3.8, 4) is 0 Å². The normalized spacial score (nSPS) is 12.4. The minimum absolute atomic E-state index is 0.0278. The van der Waals surface area contributed by atoms with Crippen molar-refractivity contribution < 1.29 is 52.7 Å². The van der Waals surface area contributed by atoms with Crippen LogP contribution in [0.3, 0.4) is 0 Å². The van der Waals surface area contributed by atoms with E-state index >= 15 is 0 Å². The fraction of sp³-hybridized carbons (Fsp3) is 0.603. The second-order valence-electron chi connectivity index (χ2n) is 25.5. The average Bonchev–Trinajstić information content (AvgIpc) is 1.65. The van der Waals surface area contributed by atoms with Crippen molar-refractivity contribution >= 4 is 0 Å². The predicted molar refractivity (Wildman–Crippen MR) is 359 cm³/mol. The molecule has 1 fully saturated rings. The first-order chi connectivity index (χ1) is 44.8. The van der Waals surface area contributed by atoms with Crippen molar-refractivity contribution in [3.63, 3.8) is 0 Å². The van der Waals surface area contributed by atoms with E-state index in [4.69, 9.17) is 0 Å². The number of hydrogen-bond donors (Lipinski definition) is 0. The van der Waals surface area contributed by atoms with Crippen LogP contribution >= 0.6 is 0 Å². The Bertz CT molecular complexity index is 3710. The Morgan fingerprint density at radius 1 is 0.337 bits per heavy atom. The van der Waals surface area contributed by atoms with Gasteiger partial charge in [-0.25, -0.2) is 44.9 Å². The highest BCUT2D eigenvalue weighted by molar-refractivity contribution is 5.18. The lowest BCUT2D eigenvalue weighted by Crippen LogP contribution is -2.17. The number of nitrogens with zero attached hydrogens (tertiary/aromatic N) is 18. The maximum absolute atomic E-state index is 12.0. The Morgan fingerprint density at radius 3 is 0.939 bits per heavy atom. The van der Waals surface area contributed by atoms with Crippen LogP contribution in [0.1, 0.15) is 226 Å². The van der Waals surface area contributed by atoms with Crippen molar-refractivity contribution in [2.24, 2.45) is 63.4 Å². The molecule has 9 aromatic heterocycles. The molecule has 0 N–H and O–H groups in total. The number of alkyl halides is 12. The van der Waals surface area contributed by atoms with Crippen LogP contribution in [0.25, 0.3) is 0 Å². The molecule has 0 saturated heterocycles. The minimum Gasteiger partial charge on any atom is -0.336 e. The van der Waals surface area contributed by atoms with E-state index in [-0.39, 0.29) is 10.8 Å². The lowest BCUT2D eigenvalue weighted by atomic mass is 10.1. The molecule has 10 rings (SSSR count). The highest BCUT2D eigenvalue weighted by Gasteiger charge is 2.42. The Morgan fingerprint density at radius 2 is 0.714 bits per heavy atom. The number of aryl methyl sites for hydroxylation is 9. The molecular weight excluding hydrogens is 1300 g/mol. The van der Waals surface area contributed by atoms with E-state index in [1.165, 1.54) is 104 Å². The van der Waals surface area contributed by atoms with Crippen LogP contribution in [0.5, 0.6) is 0 Å². The van der Waals surface area contributed by atoms with Gasteiger partial charge in [0.05, 0.1) is 23.8 Å². The molecule has 98 heavy (non-hydrogen) atoms. The number of hydrogen-bond acceptors (Lipinski definition) is 9. The molecule has 0 radical (unpaired) electrons. The summed E-state index contributed by atoms with van der Waals surface area (Å²) in [5.41, 5.74) is 8.30. The zero-order chi connectivity index (χ0) is 75.8. The van der Waals surface area contributed by atoms with E-state index in [0.29, 0.717) is 42.2 Å². The zero-order valence-electron chi connectivity index (χ0n) is 62.3. The molecular formula is C68H104F12N18. The van der Waals surface area contributed by atoms with Crippen LogP contribution in [0, 0.1) is 76.2 Å². The quantitative estimate of drug-likeness (QED) is 0.153. The Hall–Kier alpha value is -7.95. The summed E-state index contributed by atoms with van der Waals surface area (Å²) in [5.74, 6) is 7.73. The van der Waals surface area contributed by atoms with Gasteiger partial charge in [-0.05, 0) is 101 Å². The molecule has 1 aliphatic carbocycles. The van der Waals surface area contributed by atoms with Gasteiger partial charge in [0.1, 0.15) is 52.2 Å². The first-order valence-corrected chi connectivity index (χ1v) is 32.0. The molecule has 0 bridgehead atoms. The summed E-state index contributed by atoms with van der Waals surface area (Å²) in [5, 5.41) is 0. The summed E-state index contributed by atoms with van der Waals surface area (Å²) in [6, 6.07) is 0. The van der Waals surface area contributed by atoms with Crippen LogP contribution in [0.2, 0.25) is 0 Å². The molecule has 9 heterocycles. The van der Waals surface area contributed by atoms with Gasteiger partial charge in [-0.1, -0.05) is 68.2 Å². The van der Waals surface area contributed by atoms with Crippen molar-refractivity contribution in [1.29, 1.82) is 0 Å². The number of imidazole rings is 9. The Labute approximate surface area is 570 Å². The number of rotatable bonds is 5. The smallest absolute Gasteiger partial charge is 0.336 e. The summed E-state index contributed by atoms with van der Waals surface area (Å²) < 4.78 is 159. The third kappa shape index (κ3) is 24.2. The fourth-order valence-corrected chi connectivity index (χ4v) is 9.89. The molecule has 0 spiro atoms. The van der Waals surface area contributed by atoms with Gasteiger partial charge in [-0.15, -0.1) is 0 Å². The Kier molecular flexibility index (Phi) is 31.8. The SMILES string of the molecule is CC(C)c1cnc(C(C)C)n1C.Cc1cnc(C(C)C)n1C.Cc1cnc(C(F)(F)F)n1C.Cc1cnc(C)n1C.Cc1cnc(C2CCCC2)n1C.Cc1nc(C(C)C)c(C)n1C.Cc1nc(C)n(C)c1C.Cc1ncc(C(F)(F)F)n1C.Cn1c(C(F)(F)F)cnc1C(F)(F)F. The van der Waals surface area contributed by atoms with Crippen LogP contribution in [-0.4, -0.2) is 86.0 Å². The van der Waals surface area contributed by atoms with E-state index in [1.54, 1.807) is 6.92 Å². The van der Waals surface area contributed by atoms with Crippen LogP contribution in [0.15, 0.2) is 43.4 Å². The van der Waals surface area contributed by atoms with Crippen LogP contribution < -0.4 is 0 Å². The second kappa shape index (κ2) is 36.2. The first-order valence-electron chi connectivity index (χ1n) is 32.0. The summed E-state index contributed by atoms with van der Waals surface area (Å²) in [6.07, 6.45) is -2.97. The van der Waals surface area contributed by atoms with Gasteiger partial charge in [0.15, 0.2) is 0 Å². The molecule has 0 amide bonds. The van der Waals surface area contributed by atoms with E-state index in [1.807, 2.05) is 73.5 Å². The van der Waals surface area contributed by atoms with Crippen molar-refractivity contribution in [1.82, 2.24) is 86.0 Å². The monoisotopic (exact) mass is 1400 g/mol. The molecule has 30 heteroatoms. The van der Waals surface area contributed by atoms with E-state index in [9.17, 15) is 52.7 Å². The van der Waals surface area contributed by atoms with Crippen molar-refractivity contribution in [2.45, 2.75) is 212 Å². The summed E-state index contributed by atoms with van der Waals surface area (Å²) >= 11 is 0. The molecule has 0 aromatic carbocycles. The van der Waals surface area contributed by atoms with Crippen LogP contribution in [0.4, 0.5) is 52.7 Å². The second-order valence-corrected chi connectivity index (χ2v) is 25.5. The third-order valence-electron chi connectivity index (χ3n) is 16.9. The van der Waals surface area contributed by atoms with E-state index in [2.05, 4.69) is 184 Å². The van der Waals surface area contributed by atoms with Gasteiger partial charge >= 0.3 is 24.7 Å². The van der Waals surface area contributed by atoms with Crippen molar-refractivity contribution in [3.05, 3.63) is 158 Å². The first kappa shape index (κ1) is 86.1. The van der Waals surface area contributed by atoms with E-state index in [0.717, 1.165) is 50.2 Å². The third-order valence-corrected chi connectivity index (χ3v) is 16.9. The molecule has 1 aliphatic rings. The van der Waals surface area contributed by atoms with E-state index < -0.39 is 47.7 Å². The zero-order valence-corrected chi connectivity index (χ0v) is 62.3. The molecule has 9 aromatic rings. The van der Waals surface area contributed by atoms with Crippen molar-refractivity contribution in [2.75, 3.05) is 0 Å². The van der Waals surface area contributed by atoms with Gasteiger partial charge in [0.2, 0.25) is 11.6 Å². The summed E-state index contributed by atoms with van der Waals surface area (Å²) in [4.78, 5) is 35.4. The molecule has 0 atom stereocenters. The van der Waals surface area contributed by atoms with Gasteiger partial charge in [-0.2, -0.15) is 52.7 Å². The molecule has 1 saturated carbocycles. The van der Waals surface area contributed by atoms with Gasteiger partial charge in [0, 0.05) is 152 Å². The number of aromatic nitrogens is 18. The summed E-state index contributed by atoms with van der Waals surface area (Å²) in [6.45, 7) is 39.0. The van der Waals surface area contributed by atoms with Gasteiger partial charge < -0.3 is 41.1 Å². The lowest BCUT2D eigenvalue weighted by molar-refractivity contribution is -0.153. The molecule has 550 valence electrons. The Balaban J connectivity index is 0.000000376. The van der Waals surface area contributed by atoms with Crippen LogP contribution in [-0.2, 0) is 88.1 Å². The average molecular weight is 1400 g/mol. The minimum atomic E-state index is -4.88. The van der Waals surface area contributed by atoms with Gasteiger partial charge in [0.25, 0.3) is 0 Å². The topological polar surface area (TPSA) is 160 Å². The van der Waals surface area contributed by atoms with Gasteiger partial charge in [-0.3, -0.25) is 0 Å². The largest absolute Gasteiger partial charge is 0.449 e. The molecule has 0 aliphatic heterocycles. The molecule has 18 nitrogen and oxygen atoms in total. The summed E-state index contributed by atoms with van der Waals surface area (Å²) in [7, 11) is 15.7. The maximum atomic E-state index is 12.0. The predicted octanol–water partition coefficient (Wildman–Crippen LogP) is 17.4. The highest BCUT2D eigenvalue weighted by atomic mass is 19.4. The fourth-order valence-electron chi connectivity index (χ4n) is 9.89. The lowest BCUT2D eigenvalue weighted by Gasteiger charge is -2.10. The number of halogens is 12.